The first kappa shape index (κ1) is 16.6. The molecule has 22 heavy (non-hydrogen) atoms. The standard InChI is InChI=1S/C17H18INO3/c1-3-22-15-10-13(9-14(18)16(15)21-2)17(20)19-11-12-7-5-4-6-8-12/h4-10H,3,11H2,1-2H3,(H,19,20). The summed E-state index contributed by atoms with van der Waals surface area (Å²) in [5.41, 5.74) is 1.62. The number of methoxy groups -OCH3 is 1. The van der Waals surface area contributed by atoms with Crippen molar-refractivity contribution in [1.29, 1.82) is 0 Å². The highest BCUT2D eigenvalue weighted by molar-refractivity contribution is 14.1. The SMILES string of the molecule is CCOc1cc(C(=O)NCc2ccccc2)cc(I)c1OC. The third kappa shape index (κ3) is 4.13. The summed E-state index contributed by atoms with van der Waals surface area (Å²) in [6.07, 6.45) is 0. The van der Waals surface area contributed by atoms with Crippen LogP contribution in [0.2, 0.25) is 0 Å². The molecule has 0 aromatic heterocycles. The van der Waals surface area contributed by atoms with Gasteiger partial charge in [0.05, 0.1) is 17.3 Å². The van der Waals surface area contributed by atoms with Gasteiger partial charge in [-0.1, -0.05) is 30.3 Å². The predicted molar refractivity (Wildman–Crippen MR) is 94.5 cm³/mol. The normalized spacial score (nSPS) is 10.1. The van der Waals surface area contributed by atoms with Gasteiger partial charge in [0, 0.05) is 12.1 Å². The van der Waals surface area contributed by atoms with Gasteiger partial charge in [-0.15, -0.1) is 0 Å². The summed E-state index contributed by atoms with van der Waals surface area (Å²) in [5.74, 6) is 1.11. The number of rotatable bonds is 6. The monoisotopic (exact) mass is 411 g/mol. The van der Waals surface area contributed by atoms with Crippen LogP contribution in [-0.2, 0) is 6.54 Å². The van der Waals surface area contributed by atoms with Gasteiger partial charge < -0.3 is 14.8 Å². The van der Waals surface area contributed by atoms with E-state index in [1.165, 1.54) is 0 Å². The molecule has 2 rings (SSSR count). The van der Waals surface area contributed by atoms with Gasteiger partial charge in [0.2, 0.25) is 0 Å². The van der Waals surface area contributed by atoms with E-state index < -0.39 is 0 Å². The molecule has 0 radical (unpaired) electrons. The second-order valence-corrected chi connectivity index (χ2v) is 5.75. The summed E-state index contributed by atoms with van der Waals surface area (Å²) < 4.78 is 11.7. The summed E-state index contributed by atoms with van der Waals surface area (Å²) in [6.45, 7) is 2.90. The number of ether oxygens (including phenoxy) is 2. The Morgan fingerprint density at radius 2 is 1.95 bits per heavy atom. The van der Waals surface area contributed by atoms with Gasteiger partial charge in [0.15, 0.2) is 11.5 Å². The zero-order chi connectivity index (χ0) is 15.9. The Hall–Kier alpha value is -1.76. The molecular weight excluding hydrogens is 393 g/mol. The minimum atomic E-state index is -0.134. The topological polar surface area (TPSA) is 47.6 Å². The second kappa shape index (κ2) is 8.03. The smallest absolute Gasteiger partial charge is 0.251 e. The first-order valence-electron chi connectivity index (χ1n) is 6.98. The molecule has 5 heteroatoms. The number of hydrogen-bond acceptors (Lipinski definition) is 3. The van der Waals surface area contributed by atoms with E-state index in [1.807, 2.05) is 37.3 Å². The minimum absolute atomic E-state index is 0.134. The molecular formula is C17H18INO3. The molecule has 0 spiro atoms. The molecule has 0 saturated heterocycles. The maximum atomic E-state index is 12.3. The van der Waals surface area contributed by atoms with E-state index >= 15 is 0 Å². The Labute approximate surface area is 144 Å². The summed E-state index contributed by atoms with van der Waals surface area (Å²) in [6, 6.07) is 13.3. The Morgan fingerprint density at radius 1 is 1.23 bits per heavy atom. The maximum Gasteiger partial charge on any atom is 0.251 e. The van der Waals surface area contributed by atoms with E-state index in [0.29, 0.717) is 30.2 Å². The van der Waals surface area contributed by atoms with Gasteiger partial charge in [0.1, 0.15) is 0 Å². The van der Waals surface area contributed by atoms with E-state index in [-0.39, 0.29) is 5.91 Å². The number of carbonyl (C=O) groups is 1. The summed E-state index contributed by atoms with van der Waals surface area (Å²) in [5, 5.41) is 2.91. The average Bonchev–Trinajstić information content (AvgIpc) is 2.53. The van der Waals surface area contributed by atoms with Crippen molar-refractivity contribution in [1.82, 2.24) is 5.32 Å². The lowest BCUT2D eigenvalue weighted by Crippen LogP contribution is -2.23. The van der Waals surface area contributed by atoms with E-state index in [2.05, 4.69) is 27.9 Å². The van der Waals surface area contributed by atoms with Crippen LogP contribution in [0.4, 0.5) is 0 Å². The molecule has 0 heterocycles. The molecule has 0 unspecified atom stereocenters. The van der Waals surface area contributed by atoms with E-state index in [4.69, 9.17) is 9.47 Å². The fourth-order valence-electron chi connectivity index (χ4n) is 2.04. The quantitative estimate of drug-likeness (QED) is 0.739. The predicted octanol–water partition coefficient (Wildman–Crippen LogP) is 3.63. The van der Waals surface area contributed by atoms with Crippen molar-refractivity contribution < 1.29 is 14.3 Å². The van der Waals surface area contributed by atoms with Crippen molar-refractivity contribution in [3.63, 3.8) is 0 Å². The number of carbonyl (C=O) groups excluding carboxylic acids is 1. The summed E-state index contributed by atoms with van der Waals surface area (Å²) in [4.78, 5) is 12.3. The molecule has 0 aliphatic rings. The van der Waals surface area contributed by atoms with E-state index in [1.54, 1.807) is 19.2 Å². The van der Waals surface area contributed by atoms with Crippen LogP contribution >= 0.6 is 22.6 Å². The molecule has 4 nitrogen and oxygen atoms in total. The largest absolute Gasteiger partial charge is 0.492 e. The molecule has 1 amide bonds. The molecule has 0 bridgehead atoms. The van der Waals surface area contributed by atoms with Gasteiger partial charge in [-0.05, 0) is 47.2 Å². The van der Waals surface area contributed by atoms with Crippen LogP contribution in [-0.4, -0.2) is 19.6 Å². The fraction of sp³-hybridized carbons (Fsp3) is 0.235. The van der Waals surface area contributed by atoms with Crippen molar-refractivity contribution in [3.05, 3.63) is 57.2 Å². The number of amides is 1. The molecule has 0 aliphatic heterocycles. The van der Waals surface area contributed by atoms with Crippen LogP contribution < -0.4 is 14.8 Å². The molecule has 2 aromatic rings. The Morgan fingerprint density at radius 3 is 2.59 bits per heavy atom. The Bertz CT molecular complexity index is 644. The first-order valence-corrected chi connectivity index (χ1v) is 8.06. The highest BCUT2D eigenvalue weighted by Gasteiger charge is 2.15. The van der Waals surface area contributed by atoms with Crippen molar-refractivity contribution in [2.45, 2.75) is 13.5 Å². The summed E-state index contributed by atoms with van der Waals surface area (Å²) in [7, 11) is 1.59. The zero-order valence-corrected chi connectivity index (χ0v) is 14.7. The Kier molecular flexibility index (Phi) is 6.06. The molecule has 0 fully saturated rings. The van der Waals surface area contributed by atoms with Gasteiger partial charge in [-0.2, -0.15) is 0 Å². The molecule has 2 aromatic carbocycles. The van der Waals surface area contributed by atoms with Crippen molar-refractivity contribution in [2.75, 3.05) is 13.7 Å². The van der Waals surface area contributed by atoms with Crippen LogP contribution in [0.5, 0.6) is 11.5 Å². The lowest BCUT2D eigenvalue weighted by atomic mass is 10.1. The third-order valence-electron chi connectivity index (χ3n) is 3.07. The number of benzene rings is 2. The minimum Gasteiger partial charge on any atom is -0.492 e. The van der Waals surface area contributed by atoms with Crippen molar-refractivity contribution in [2.24, 2.45) is 0 Å². The lowest BCUT2D eigenvalue weighted by molar-refractivity contribution is 0.0950. The fourth-order valence-corrected chi connectivity index (χ4v) is 2.86. The zero-order valence-electron chi connectivity index (χ0n) is 12.6. The van der Waals surface area contributed by atoms with Crippen LogP contribution in [0.1, 0.15) is 22.8 Å². The maximum absolute atomic E-state index is 12.3. The highest BCUT2D eigenvalue weighted by Crippen LogP contribution is 2.33. The lowest BCUT2D eigenvalue weighted by Gasteiger charge is -2.13. The number of halogens is 1. The van der Waals surface area contributed by atoms with Crippen molar-refractivity contribution >= 4 is 28.5 Å². The van der Waals surface area contributed by atoms with Gasteiger partial charge in [-0.3, -0.25) is 4.79 Å². The number of nitrogens with one attached hydrogen (secondary N) is 1. The van der Waals surface area contributed by atoms with Crippen LogP contribution in [0.3, 0.4) is 0 Å². The van der Waals surface area contributed by atoms with Crippen molar-refractivity contribution in [3.8, 4) is 11.5 Å². The van der Waals surface area contributed by atoms with Crippen LogP contribution in [0, 0.1) is 3.57 Å². The molecule has 0 aliphatic carbocycles. The second-order valence-electron chi connectivity index (χ2n) is 4.59. The highest BCUT2D eigenvalue weighted by atomic mass is 127. The third-order valence-corrected chi connectivity index (χ3v) is 3.87. The van der Waals surface area contributed by atoms with Gasteiger partial charge in [0.25, 0.3) is 5.91 Å². The number of hydrogen-bond donors (Lipinski definition) is 1. The van der Waals surface area contributed by atoms with E-state index in [9.17, 15) is 4.79 Å². The molecule has 0 atom stereocenters. The Balaban J connectivity index is 2.15. The first-order chi connectivity index (χ1) is 10.7. The van der Waals surface area contributed by atoms with Gasteiger partial charge in [-0.25, -0.2) is 0 Å². The molecule has 116 valence electrons. The van der Waals surface area contributed by atoms with E-state index in [0.717, 1.165) is 9.13 Å². The van der Waals surface area contributed by atoms with Gasteiger partial charge >= 0.3 is 0 Å². The van der Waals surface area contributed by atoms with Crippen LogP contribution in [0.15, 0.2) is 42.5 Å². The van der Waals surface area contributed by atoms with Crippen LogP contribution in [0.25, 0.3) is 0 Å². The average molecular weight is 411 g/mol. The summed E-state index contributed by atoms with van der Waals surface area (Å²) >= 11 is 2.14. The molecule has 1 N–H and O–H groups in total. The molecule has 0 saturated carbocycles.